The number of alkyl halides is 2. The number of hydrogen-bond acceptors (Lipinski definition) is 5. The molecule has 1 aromatic carbocycles. The summed E-state index contributed by atoms with van der Waals surface area (Å²) in [7, 11) is -4.23. The van der Waals surface area contributed by atoms with Crippen molar-refractivity contribution in [2.45, 2.75) is 63.4 Å². The van der Waals surface area contributed by atoms with E-state index in [9.17, 15) is 26.8 Å². The molecule has 0 saturated heterocycles. The number of benzene rings is 1. The van der Waals surface area contributed by atoms with Crippen LogP contribution in [0.15, 0.2) is 17.0 Å². The number of amides is 2. The Kier molecular flexibility index (Phi) is 5.59. The molecule has 29 heavy (non-hydrogen) atoms. The van der Waals surface area contributed by atoms with Crippen molar-refractivity contribution in [2.24, 2.45) is 11.8 Å². The van der Waals surface area contributed by atoms with Crippen LogP contribution in [0.25, 0.3) is 0 Å². The van der Waals surface area contributed by atoms with E-state index in [-0.39, 0.29) is 35.3 Å². The fourth-order valence-corrected chi connectivity index (χ4v) is 4.85. The number of carbonyl (C=O) groups is 2. The molecule has 1 atom stereocenters. The van der Waals surface area contributed by atoms with Gasteiger partial charge in [-0.15, -0.1) is 0 Å². The van der Waals surface area contributed by atoms with Gasteiger partial charge in [0.15, 0.2) is 6.10 Å². The zero-order chi connectivity index (χ0) is 21.6. The molecule has 1 unspecified atom stereocenters. The number of carbonyl (C=O) groups excluding carboxylic acids is 2. The first-order valence-electron chi connectivity index (χ1n) is 9.46. The Balaban J connectivity index is 1.81. The lowest BCUT2D eigenvalue weighted by molar-refractivity contribution is -0.127. The van der Waals surface area contributed by atoms with E-state index in [1.165, 1.54) is 19.1 Å². The Bertz CT molecular complexity index is 936. The molecule has 7 nitrogen and oxygen atoms in total. The van der Waals surface area contributed by atoms with E-state index in [1.807, 2.05) is 4.72 Å². The Labute approximate surface area is 168 Å². The van der Waals surface area contributed by atoms with Gasteiger partial charge in [0.05, 0.1) is 10.6 Å². The maximum Gasteiger partial charge on any atom is 0.265 e. The Morgan fingerprint density at radius 2 is 1.90 bits per heavy atom. The average molecular weight is 430 g/mol. The van der Waals surface area contributed by atoms with E-state index in [2.05, 4.69) is 5.32 Å². The topological polar surface area (TPSA) is 102 Å². The van der Waals surface area contributed by atoms with Crippen LogP contribution in [0.1, 0.15) is 45.1 Å². The van der Waals surface area contributed by atoms with Gasteiger partial charge in [-0.25, -0.2) is 21.9 Å². The molecule has 1 heterocycles. The van der Waals surface area contributed by atoms with Crippen LogP contribution in [-0.4, -0.2) is 32.3 Å². The van der Waals surface area contributed by atoms with Crippen LogP contribution in [0.3, 0.4) is 0 Å². The molecule has 1 aliphatic heterocycles. The van der Waals surface area contributed by atoms with Gasteiger partial charge in [-0.05, 0) is 37.3 Å². The summed E-state index contributed by atoms with van der Waals surface area (Å²) in [5.41, 5.74) is 0.662. The van der Waals surface area contributed by atoms with Crippen molar-refractivity contribution in [3.8, 4) is 5.75 Å². The second-order valence-electron chi connectivity index (χ2n) is 7.99. The summed E-state index contributed by atoms with van der Waals surface area (Å²) in [6.45, 7) is 5.13. The summed E-state index contributed by atoms with van der Waals surface area (Å²) in [6.07, 6.45) is -1.77. The molecule has 3 rings (SSSR count). The molecule has 0 spiro atoms. The standard InChI is InChI=1S/C19H24F2N2O5S/c1-10(2)16-18(25)22-13-8-11(3)15(9-14(13)28-16)29(26,27)23-17(24)12-4-6-19(20,21)7-5-12/h8-10,12,16H,4-7H2,1-3H3,(H,22,25)(H,23,24). The summed E-state index contributed by atoms with van der Waals surface area (Å²) >= 11 is 0. The van der Waals surface area contributed by atoms with Gasteiger partial charge in [-0.1, -0.05) is 13.8 Å². The number of rotatable bonds is 4. The number of aryl methyl sites for hydroxylation is 1. The van der Waals surface area contributed by atoms with E-state index in [0.717, 1.165) is 0 Å². The summed E-state index contributed by atoms with van der Waals surface area (Å²) in [6, 6.07) is 2.73. The molecule has 0 aromatic heterocycles. The molecule has 2 aliphatic rings. The number of fused-ring (bicyclic) bond motifs is 1. The highest BCUT2D eigenvalue weighted by Gasteiger charge is 2.39. The molecule has 1 fully saturated rings. The second-order valence-corrected chi connectivity index (χ2v) is 9.64. The maximum atomic E-state index is 13.3. The predicted molar refractivity (Wildman–Crippen MR) is 101 cm³/mol. The third kappa shape index (κ3) is 4.52. The normalized spacial score (nSPS) is 21.9. The lowest BCUT2D eigenvalue weighted by atomic mass is 9.86. The first-order chi connectivity index (χ1) is 13.4. The zero-order valence-corrected chi connectivity index (χ0v) is 17.2. The fourth-order valence-electron chi connectivity index (χ4n) is 3.56. The predicted octanol–water partition coefficient (Wildman–Crippen LogP) is 2.98. The Morgan fingerprint density at radius 1 is 1.28 bits per heavy atom. The minimum absolute atomic E-state index is 0.0667. The monoisotopic (exact) mass is 430 g/mol. The third-order valence-corrected chi connectivity index (χ3v) is 6.75. The number of ether oxygens (including phenoxy) is 1. The van der Waals surface area contributed by atoms with Crippen molar-refractivity contribution in [3.63, 3.8) is 0 Å². The zero-order valence-electron chi connectivity index (χ0n) is 16.4. The van der Waals surface area contributed by atoms with Crippen molar-refractivity contribution in [2.75, 3.05) is 5.32 Å². The van der Waals surface area contributed by atoms with Crippen LogP contribution in [-0.2, 0) is 19.6 Å². The fraction of sp³-hybridized carbons (Fsp3) is 0.579. The second kappa shape index (κ2) is 7.55. The maximum absolute atomic E-state index is 13.3. The molecule has 2 N–H and O–H groups in total. The van der Waals surface area contributed by atoms with Gasteiger partial charge in [0.2, 0.25) is 11.8 Å². The smallest absolute Gasteiger partial charge is 0.265 e. The van der Waals surface area contributed by atoms with E-state index in [0.29, 0.717) is 11.3 Å². The summed E-state index contributed by atoms with van der Waals surface area (Å²) in [4.78, 5) is 24.3. The first kappa shape index (κ1) is 21.5. The van der Waals surface area contributed by atoms with Gasteiger partial charge >= 0.3 is 0 Å². The van der Waals surface area contributed by atoms with Gasteiger partial charge in [0, 0.05) is 24.8 Å². The van der Waals surface area contributed by atoms with Crippen LogP contribution < -0.4 is 14.8 Å². The summed E-state index contributed by atoms with van der Waals surface area (Å²) in [5, 5.41) is 2.69. The van der Waals surface area contributed by atoms with Gasteiger partial charge in [-0.2, -0.15) is 0 Å². The van der Waals surface area contributed by atoms with E-state index in [1.54, 1.807) is 13.8 Å². The molecule has 0 bridgehead atoms. The highest BCUT2D eigenvalue weighted by Crippen LogP contribution is 2.37. The number of anilines is 1. The third-order valence-electron chi connectivity index (χ3n) is 5.27. The van der Waals surface area contributed by atoms with Crippen LogP contribution in [0, 0.1) is 18.8 Å². The molecular weight excluding hydrogens is 406 g/mol. The van der Waals surface area contributed by atoms with Gasteiger partial charge < -0.3 is 10.1 Å². The minimum Gasteiger partial charge on any atom is -0.478 e. The van der Waals surface area contributed by atoms with Crippen LogP contribution in [0.5, 0.6) is 5.75 Å². The van der Waals surface area contributed by atoms with Gasteiger partial charge in [-0.3, -0.25) is 9.59 Å². The molecular formula is C19H24F2N2O5S. The largest absolute Gasteiger partial charge is 0.478 e. The van der Waals surface area contributed by atoms with Gasteiger partial charge in [0.25, 0.3) is 15.9 Å². The van der Waals surface area contributed by atoms with E-state index < -0.39 is 46.7 Å². The Hall–Kier alpha value is -2.23. The average Bonchev–Trinajstić information content (AvgIpc) is 2.59. The molecule has 1 saturated carbocycles. The van der Waals surface area contributed by atoms with Crippen molar-refractivity contribution < 1.29 is 31.5 Å². The van der Waals surface area contributed by atoms with E-state index in [4.69, 9.17) is 4.74 Å². The molecule has 1 aromatic rings. The van der Waals surface area contributed by atoms with Crippen LogP contribution in [0.2, 0.25) is 0 Å². The van der Waals surface area contributed by atoms with Crippen molar-refractivity contribution >= 4 is 27.5 Å². The SMILES string of the molecule is Cc1cc2c(cc1S(=O)(=O)NC(=O)C1CCC(F)(F)CC1)OC(C(C)C)C(=O)N2. The van der Waals surface area contributed by atoms with Crippen LogP contribution >= 0.6 is 0 Å². The number of sulfonamides is 1. The van der Waals surface area contributed by atoms with E-state index >= 15 is 0 Å². The number of halogens is 2. The van der Waals surface area contributed by atoms with Gasteiger partial charge in [0.1, 0.15) is 5.75 Å². The molecule has 10 heteroatoms. The summed E-state index contributed by atoms with van der Waals surface area (Å²) < 4.78 is 59.8. The number of nitrogens with one attached hydrogen (secondary N) is 2. The van der Waals surface area contributed by atoms with Crippen molar-refractivity contribution in [3.05, 3.63) is 17.7 Å². The highest BCUT2D eigenvalue weighted by molar-refractivity contribution is 7.90. The lowest BCUT2D eigenvalue weighted by Gasteiger charge is -2.29. The van der Waals surface area contributed by atoms with Crippen molar-refractivity contribution in [1.29, 1.82) is 0 Å². The molecule has 1 aliphatic carbocycles. The highest BCUT2D eigenvalue weighted by atomic mass is 32.2. The van der Waals surface area contributed by atoms with Crippen LogP contribution in [0.4, 0.5) is 14.5 Å². The lowest BCUT2D eigenvalue weighted by Crippen LogP contribution is -2.41. The molecule has 160 valence electrons. The Morgan fingerprint density at radius 3 is 2.48 bits per heavy atom. The minimum atomic E-state index is -4.23. The molecule has 2 amide bonds. The molecule has 0 radical (unpaired) electrons. The quantitative estimate of drug-likeness (QED) is 0.765. The van der Waals surface area contributed by atoms with Crippen molar-refractivity contribution in [1.82, 2.24) is 4.72 Å². The first-order valence-corrected chi connectivity index (χ1v) is 10.9. The summed E-state index contributed by atoms with van der Waals surface area (Å²) in [5.74, 6) is -4.62. The number of hydrogen-bond donors (Lipinski definition) is 2.